The van der Waals surface area contributed by atoms with E-state index >= 15 is 0 Å². The molecule has 4 rings (SSSR count). The van der Waals surface area contributed by atoms with E-state index in [2.05, 4.69) is 15.4 Å². The SMILES string of the molecule is Fc1ccc(C2(CN[C@H](Cn3cncn3)C3CC3)CCCCC2)cc1. The molecule has 0 amide bonds. The quantitative estimate of drug-likeness (QED) is 0.834. The summed E-state index contributed by atoms with van der Waals surface area (Å²) < 4.78 is 15.3. The molecule has 1 N–H and O–H groups in total. The molecule has 1 atom stereocenters. The van der Waals surface area contributed by atoms with Crippen LogP contribution in [0.2, 0.25) is 0 Å². The van der Waals surface area contributed by atoms with Crippen LogP contribution < -0.4 is 5.32 Å². The Morgan fingerprint density at radius 1 is 1.16 bits per heavy atom. The number of halogens is 1. The Bertz CT molecular complexity index is 658. The van der Waals surface area contributed by atoms with E-state index in [1.807, 2.05) is 16.8 Å². The zero-order valence-corrected chi connectivity index (χ0v) is 14.7. The van der Waals surface area contributed by atoms with Gasteiger partial charge in [-0.25, -0.2) is 9.37 Å². The van der Waals surface area contributed by atoms with Gasteiger partial charge >= 0.3 is 0 Å². The van der Waals surface area contributed by atoms with Gasteiger partial charge in [-0.3, -0.25) is 4.68 Å². The van der Waals surface area contributed by atoms with Crippen molar-refractivity contribution in [1.29, 1.82) is 0 Å². The molecule has 25 heavy (non-hydrogen) atoms. The smallest absolute Gasteiger partial charge is 0.137 e. The fourth-order valence-corrected chi connectivity index (χ4v) is 4.33. The summed E-state index contributed by atoms with van der Waals surface area (Å²) in [4.78, 5) is 4.06. The van der Waals surface area contributed by atoms with Crippen LogP contribution in [0.3, 0.4) is 0 Å². The van der Waals surface area contributed by atoms with Crippen LogP contribution in [0.1, 0.15) is 50.5 Å². The molecule has 134 valence electrons. The highest BCUT2D eigenvalue weighted by Crippen LogP contribution is 2.40. The number of hydrogen-bond donors (Lipinski definition) is 1. The highest BCUT2D eigenvalue weighted by molar-refractivity contribution is 5.27. The first kappa shape index (κ1) is 16.7. The summed E-state index contributed by atoms with van der Waals surface area (Å²) in [7, 11) is 0. The molecule has 2 aliphatic rings. The van der Waals surface area contributed by atoms with E-state index in [1.165, 1.54) is 50.5 Å². The van der Waals surface area contributed by atoms with Crippen molar-refractivity contribution < 1.29 is 4.39 Å². The molecule has 2 saturated carbocycles. The van der Waals surface area contributed by atoms with Crippen molar-refractivity contribution in [3.63, 3.8) is 0 Å². The van der Waals surface area contributed by atoms with E-state index in [-0.39, 0.29) is 11.2 Å². The van der Waals surface area contributed by atoms with Crippen LogP contribution in [-0.2, 0) is 12.0 Å². The number of rotatable bonds is 7. The molecular weight excluding hydrogens is 315 g/mol. The molecule has 1 heterocycles. The molecular formula is C20H27FN4. The van der Waals surface area contributed by atoms with Gasteiger partial charge in [0, 0.05) is 18.0 Å². The van der Waals surface area contributed by atoms with Gasteiger partial charge in [0.25, 0.3) is 0 Å². The third-order valence-corrected chi connectivity index (χ3v) is 6.01. The van der Waals surface area contributed by atoms with Crippen molar-refractivity contribution in [2.45, 2.75) is 62.9 Å². The van der Waals surface area contributed by atoms with Crippen LogP contribution in [0.5, 0.6) is 0 Å². The summed E-state index contributed by atoms with van der Waals surface area (Å²) in [6.07, 6.45) is 12.2. The number of aromatic nitrogens is 3. The van der Waals surface area contributed by atoms with Crippen LogP contribution >= 0.6 is 0 Å². The Morgan fingerprint density at radius 2 is 1.92 bits per heavy atom. The van der Waals surface area contributed by atoms with E-state index in [0.717, 1.165) is 19.0 Å². The first-order valence-electron chi connectivity index (χ1n) is 9.57. The average molecular weight is 342 g/mol. The number of hydrogen-bond acceptors (Lipinski definition) is 3. The summed E-state index contributed by atoms with van der Waals surface area (Å²) in [5.74, 6) is 0.600. The van der Waals surface area contributed by atoms with Gasteiger partial charge in [0.2, 0.25) is 0 Å². The lowest BCUT2D eigenvalue weighted by atomic mass is 9.69. The van der Waals surface area contributed by atoms with Crippen LogP contribution in [-0.4, -0.2) is 27.4 Å². The van der Waals surface area contributed by atoms with E-state index in [4.69, 9.17) is 0 Å². The van der Waals surface area contributed by atoms with Crippen molar-refractivity contribution in [1.82, 2.24) is 20.1 Å². The average Bonchev–Trinajstić information content (AvgIpc) is 3.36. The van der Waals surface area contributed by atoms with Gasteiger partial charge in [-0.05, 0) is 49.3 Å². The van der Waals surface area contributed by atoms with Crippen molar-refractivity contribution in [2.24, 2.45) is 5.92 Å². The molecule has 2 aromatic rings. The maximum Gasteiger partial charge on any atom is 0.137 e. The summed E-state index contributed by atoms with van der Waals surface area (Å²) in [5, 5.41) is 8.13. The molecule has 0 radical (unpaired) electrons. The fraction of sp³-hybridized carbons (Fsp3) is 0.600. The Labute approximate surface area is 148 Å². The fourth-order valence-electron chi connectivity index (χ4n) is 4.33. The van der Waals surface area contributed by atoms with Crippen LogP contribution in [0.4, 0.5) is 4.39 Å². The van der Waals surface area contributed by atoms with Gasteiger partial charge in [0.15, 0.2) is 0 Å². The molecule has 5 heteroatoms. The molecule has 2 aliphatic carbocycles. The number of nitrogens with zero attached hydrogens (tertiary/aromatic N) is 3. The van der Waals surface area contributed by atoms with E-state index in [1.54, 1.807) is 24.8 Å². The second-order valence-corrected chi connectivity index (χ2v) is 7.79. The normalized spacial score (nSPS) is 21.2. The maximum atomic E-state index is 13.4. The Morgan fingerprint density at radius 3 is 2.56 bits per heavy atom. The third-order valence-electron chi connectivity index (χ3n) is 6.01. The molecule has 1 aromatic heterocycles. The number of nitrogens with one attached hydrogen (secondary N) is 1. The Hall–Kier alpha value is -1.75. The lowest BCUT2D eigenvalue weighted by Gasteiger charge is -2.39. The standard InChI is InChI=1S/C20H27FN4/c21-18-8-6-17(7-9-18)20(10-2-1-3-11-20)13-23-19(16-4-5-16)12-25-15-22-14-24-25/h6-9,14-16,19,23H,1-5,10-13H2/t19-/m1/s1. The molecule has 2 fully saturated rings. The Balaban J connectivity index is 1.49. The lowest BCUT2D eigenvalue weighted by molar-refractivity contribution is 0.255. The minimum Gasteiger partial charge on any atom is -0.311 e. The van der Waals surface area contributed by atoms with Gasteiger partial charge in [0.1, 0.15) is 18.5 Å². The van der Waals surface area contributed by atoms with Crippen molar-refractivity contribution >= 4 is 0 Å². The van der Waals surface area contributed by atoms with Crippen LogP contribution in [0.25, 0.3) is 0 Å². The second kappa shape index (κ2) is 7.24. The summed E-state index contributed by atoms with van der Waals surface area (Å²) in [5.41, 5.74) is 1.43. The largest absolute Gasteiger partial charge is 0.311 e. The first-order chi connectivity index (χ1) is 12.3. The predicted octanol–water partition coefficient (Wildman–Crippen LogP) is 3.69. The second-order valence-electron chi connectivity index (χ2n) is 7.79. The lowest BCUT2D eigenvalue weighted by Crippen LogP contribution is -2.46. The Kier molecular flexibility index (Phi) is 4.84. The monoisotopic (exact) mass is 342 g/mol. The molecule has 0 aliphatic heterocycles. The summed E-state index contributed by atoms with van der Waals surface area (Å²) in [6.45, 7) is 1.85. The van der Waals surface area contributed by atoms with Crippen molar-refractivity contribution in [3.8, 4) is 0 Å². The van der Waals surface area contributed by atoms with Crippen molar-refractivity contribution in [2.75, 3.05) is 6.54 Å². The molecule has 0 bridgehead atoms. The van der Waals surface area contributed by atoms with E-state index in [0.29, 0.717) is 6.04 Å². The van der Waals surface area contributed by atoms with Gasteiger partial charge in [-0.1, -0.05) is 31.4 Å². The number of benzene rings is 1. The predicted molar refractivity (Wildman–Crippen MR) is 95.7 cm³/mol. The first-order valence-corrected chi connectivity index (χ1v) is 9.57. The summed E-state index contributed by atoms with van der Waals surface area (Å²) in [6, 6.07) is 7.65. The van der Waals surface area contributed by atoms with Crippen molar-refractivity contribution in [3.05, 3.63) is 48.3 Å². The molecule has 0 unspecified atom stereocenters. The topological polar surface area (TPSA) is 42.7 Å². The highest BCUT2D eigenvalue weighted by atomic mass is 19.1. The van der Waals surface area contributed by atoms with Gasteiger partial charge in [0.05, 0.1) is 6.54 Å². The summed E-state index contributed by atoms with van der Waals surface area (Å²) >= 11 is 0. The van der Waals surface area contributed by atoms with Gasteiger partial charge in [-0.15, -0.1) is 0 Å². The van der Waals surface area contributed by atoms with Gasteiger partial charge < -0.3 is 5.32 Å². The molecule has 0 spiro atoms. The molecule has 4 nitrogen and oxygen atoms in total. The minimum atomic E-state index is -0.148. The third kappa shape index (κ3) is 3.92. The zero-order valence-electron chi connectivity index (χ0n) is 14.7. The molecule has 0 saturated heterocycles. The van der Waals surface area contributed by atoms with Crippen LogP contribution in [0.15, 0.2) is 36.9 Å². The van der Waals surface area contributed by atoms with E-state index < -0.39 is 0 Å². The minimum absolute atomic E-state index is 0.140. The highest BCUT2D eigenvalue weighted by Gasteiger charge is 2.37. The maximum absolute atomic E-state index is 13.4. The molecule has 1 aromatic carbocycles. The zero-order chi connectivity index (χ0) is 17.1. The van der Waals surface area contributed by atoms with Gasteiger partial charge in [-0.2, -0.15) is 5.10 Å². The van der Waals surface area contributed by atoms with E-state index in [9.17, 15) is 4.39 Å². The van der Waals surface area contributed by atoms with Crippen LogP contribution in [0, 0.1) is 11.7 Å².